The molecule has 0 amide bonds. The molecule has 0 radical (unpaired) electrons. The van der Waals surface area contributed by atoms with Gasteiger partial charge >= 0.3 is 5.76 Å². The molecule has 4 N–H and O–H groups in total. The van der Waals surface area contributed by atoms with Crippen molar-refractivity contribution in [3.8, 4) is 35.4 Å². The molecule has 0 saturated heterocycles. The fraction of sp³-hybridized carbons (Fsp3) is 0.219. The Kier molecular flexibility index (Phi) is 6.88. The highest BCUT2D eigenvalue weighted by Crippen LogP contribution is 2.41. The summed E-state index contributed by atoms with van der Waals surface area (Å²) in [6, 6.07) is 14.8. The van der Waals surface area contributed by atoms with Crippen LogP contribution in [0.4, 0.5) is 4.39 Å². The summed E-state index contributed by atoms with van der Waals surface area (Å²) in [5, 5.41) is 14.1. The van der Waals surface area contributed by atoms with Crippen LogP contribution in [0, 0.1) is 35.9 Å². The Morgan fingerprint density at radius 1 is 1.20 bits per heavy atom. The van der Waals surface area contributed by atoms with Crippen molar-refractivity contribution in [2.24, 2.45) is 5.92 Å². The number of H-pyrrole nitrogens is 2. The van der Waals surface area contributed by atoms with Gasteiger partial charge in [0.25, 0.3) is 0 Å². The lowest BCUT2D eigenvalue weighted by molar-refractivity contribution is 0.228. The highest BCUT2D eigenvalue weighted by atomic mass is 19.1. The summed E-state index contributed by atoms with van der Waals surface area (Å²) < 4.78 is 19.3. The number of rotatable bonds is 6. The van der Waals surface area contributed by atoms with Crippen molar-refractivity contribution < 1.29 is 8.81 Å². The number of terminal acetylenes is 1. The van der Waals surface area contributed by atoms with Crippen LogP contribution in [0.5, 0.6) is 0 Å². The minimum Gasteiger partial charge on any atom is -0.390 e. The van der Waals surface area contributed by atoms with Gasteiger partial charge in [0.15, 0.2) is 5.54 Å². The molecule has 2 aromatic carbocycles. The first-order valence-electron chi connectivity index (χ1n) is 13.3. The number of aromatic amines is 2. The van der Waals surface area contributed by atoms with E-state index in [2.05, 4.69) is 43.6 Å². The lowest BCUT2D eigenvalue weighted by atomic mass is 9.79. The van der Waals surface area contributed by atoms with Gasteiger partial charge in [-0.3, -0.25) is 5.32 Å². The highest BCUT2D eigenvalue weighted by molar-refractivity contribution is 5.58. The first-order chi connectivity index (χ1) is 20.0. The molecule has 2 bridgehead atoms. The van der Waals surface area contributed by atoms with Crippen LogP contribution in [0.2, 0.25) is 0 Å². The van der Waals surface area contributed by atoms with Crippen LogP contribution in [-0.2, 0) is 5.54 Å². The summed E-state index contributed by atoms with van der Waals surface area (Å²) in [6.45, 7) is 1.94. The maximum absolute atomic E-state index is 13.6. The van der Waals surface area contributed by atoms with E-state index in [1.807, 2.05) is 49.4 Å². The first-order valence-corrected chi connectivity index (χ1v) is 13.3. The van der Waals surface area contributed by atoms with E-state index >= 15 is 0 Å². The molecule has 6 rings (SSSR count). The molecule has 8 nitrogen and oxygen atoms in total. The Hall–Kier alpha value is -5.12. The van der Waals surface area contributed by atoms with Gasteiger partial charge in [-0.25, -0.2) is 19.3 Å². The minimum absolute atomic E-state index is 0.134. The van der Waals surface area contributed by atoms with Crippen molar-refractivity contribution in [2.45, 2.75) is 37.4 Å². The number of benzene rings is 2. The van der Waals surface area contributed by atoms with E-state index in [4.69, 9.17) is 15.8 Å². The van der Waals surface area contributed by atoms with E-state index in [9.17, 15) is 9.18 Å². The number of hydrogen-bond acceptors (Lipinski definition) is 6. The zero-order valence-electron chi connectivity index (χ0n) is 22.2. The summed E-state index contributed by atoms with van der Waals surface area (Å²) in [5.74, 6) is 9.28. The molecule has 9 heteroatoms. The molecule has 4 atom stereocenters. The Morgan fingerprint density at radius 2 is 2.00 bits per heavy atom. The Bertz CT molecular complexity index is 1780. The number of nitrogens with zero attached hydrogens (tertiary/aromatic N) is 2. The molecular weight excluding hydrogens is 519 g/mol. The van der Waals surface area contributed by atoms with E-state index in [-0.39, 0.29) is 17.6 Å². The van der Waals surface area contributed by atoms with Crippen LogP contribution in [0.1, 0.15) is 43.1 Å². The highest BCUT2D eigenvalue weighted by Gasteiger charge is 2.50. The predicted molar refractivity (Wildman–Crippen MR) is 152 cm³/mol. The molecule has 2 aliphatic heterocycles. The molecule has 2 aromatic heterocycles. The SMILES string of the molecule is C#CCC1=C(/C=C\C)NC2C#CC1C[C@H](c1ncc(-c3ccc(F)cc3)[nH]1)NC2(c1ccccc1)c1n[nH]c(=O)o1. The summed E-state index contributed by atoms with van der Waals surface area (Å²) in [4.78, 5) is 20.5. The van der Waals surface area contributed by atoms with Gasteiger partial charge in [-0.15, -0.1) is 17.4 Å². The number of aromatic nitrogens is 4. The summed E-state index contributed by atoms with van der Waals surface area (Å²) in [5.41, 5.74) is 2.95. The van der Waals surface area contributed by atoms with Gasteiger partial charge in [-0.1, -0.05) is 48.2 Å². The number of nitrogens with one attached hydrogen (secondary N) is 4. The van der Waals surface area contributed by atoms with Crippen LogP contribution >= 0.6 is 0 Å². The third-order valence-corrected chi connectivity index (χ3v) is 7.49. The Balaban J connectivity index is 1.57. The molecule has 0 fully saturated rings. The molecule has 0 saturated carbocycles. The summed E-state index contributed by atoms with van der Waals surface area (Å²) in [6.07, 6.45) is 12.4. The molecule has 204 valence electrons. The number of allylic oxidation sites excluding steroid dienone is 3. The van der Waals surface area contributed by atoms with Gasteiger partial charge in [-0.05, 0) is 60.4 Å². The molecule has 4 heterocycles. The van der Waals surface area contributed by atoms with Gasteiger partial charge in [0.2, 0.25) is 5.89 Å². The molecule has 41 heavy (non-hydrogen) atoms. The smallest absolute Gasteiger partial charge is 0.390 e. The fourth-order valence-electron chi connectivity index (χ4n) is 5.59. The van der Waals surface area contributed by atoms with Crippen LogP contribution in [-0.4, -0.2) is 26.2 Å². The second-order valence-corrected chi connectivity index (χ2v) is 9.95. The third kappa shape index (κ3) is 4.77. The molecular formula is C32H27FN6O2. The van der Waals surface area contributed by atoms with Crippen LogP contribution in [0.3, 0.4) is 0 Å². The van der Waals surface area contributed by atoms with Gasteiger partial charge in [0.05, 0.1) is 17.9 Å². The zero-order valence-corrected chi connectivity index (χ0v) is 22.2. The monoisotopic (exact) mass is 546 g/mol. The largest absolute Gasteiger partial charge is 0.434 e. The van der Waals surface area contributed by atoms with Crippen molar-refractivity contribution in [3.05, 3.63) is 118 Å². The van der Waals surface area contributed by atoms with Crippen molar-refractivity contribution in [2.75, 3.05) is 0 Å². The van der Waals surface area contributed by atoms with Gasteiger partial charge in [0.1, 0.15) is 17.7 Å². The number of halogens is 1. The van der Waals surface area contributed by atoms with Gasteiger partial charge in [0, 0.05) is 18.0 Å². The Morgan fingerprint density at radius 3 is 2.71 bits per heavy atom. The number of hydrogen-bond donors (Lipinski definition) is 4. The van der Waals surface area contributed by atoms with Crippen molar-refractivity contribution in [3.63, 3.8) is 0 Å². The van der Waals surface area contributed by atoms with E-state index in [0.717, 1.165) is 28.1 Å². The lowest BCUT2D eigenvalue weighted by Gasteiger charge is -2.40. The number of imidazole rings is 1. The van der Waals surface area contributed by atoms with Gasteiger partial charge in [-0.2, -0.15) is 0 Å². The van der Waals surface area contributed by atoms with E-state index in [0.29, 0.717) is 18.7 Å². The predicted octanol–water partition coefficient (Wildman–Crippen LogP) is 4.32. The fourth-order valence-corrected chi connectivity index (χ4v) is 5.59. The minimum atomic E-state index is -1.22. The quantitative estimate of drug-likeness (QED) is 0.268. The first kappa shape index (κ1) is 26.1. The topological polar surface area (TPSA) is 112 Å². The van der Waals surface area contributed by atoms with Crippen molar-refractivity contribution >= 4 is 0 Å². The maximum atomic E-state index is 13.6. The summed E-state index contributed by atoms with van der Waals surface area (Å²) in [7, 11) is 0. The van der Waals surface area contributed by atoms with Crippen molar-refractivity contribution in [1.82, 2.24) is 30.8 Å². The molecule has 2 aliphatic rings. The van der Waals surface area contributed by atoms with Crippen LogP contribution < -0.4 is 16.4 Å². The second-order valence-electron chi connectivity index (χ2n) is 9.95. The third-order valence-electron chi connectivity index (χ3n) is 7.49. The van der Waals surface area contributed by atoms with E-state index in [1.54, 1.807) is 18.3 Å². The standard InChI is InChI=1S/C32H27FN6O2/c1-3-8-24-21-14-17-28(35-25(24)9-4-2)32(22-10-6-5-7-11-22,30-38-39-31(40)41-30)37-26(18-21)29-34-19-27(36-29)20-12-15-23(33)16-13-20/h1,4-7,9-13,15-16,19,21,26,28,35,37H,8,18H2,2H3,(H,34,36)(H,39,40)/b9-4-/t21?,26-,28?,32?/m1/s1. The molecule has 3 unspecified atom stereocenters. The van der Waals surface area contributed by atoms with Crippen molar-refractivity contribution in [1.29, 1.82) is 0 Å². The molecule has 0 aliphatic carbocycles. The van der Waals surface area contributed by atoms with Crippen LogP contribution in [0.15, 0.2) is 93.4 Å². The molecule has 4 aromatic rings. The van der Waals surface area contributed by atoms with Crippen LogP contribution in [0.25, 0.3) is 11.3 Å². The zero-order chi connectivity index (χ0) is 28.4. The van der Waals surface area contributed by atoms with E-state index in [1.165, 1.54) is 12.1 Å². The molecule has 0 spiro atoms. The lowest BCUT2D eigenvalue weighted by Crippen LogP contribution is -2.58. The summed E-state index contributed by atoms with van der Waals surface area (Å²) >= 11 is 0. The Labute approximate surface area is 236 Å². The normalized spacial score (nSPS) is 23.7. The average molecular weight is 547 g/mol. The van der Waals surface area contributed by atoms with E-state index < -0.39 is 23.4 Å². The maximum Gasteiger partial charge on any atom is 0.434 e. The number of fused-ring (bicyclic) bond motifs is 2. The second kappa shape index (κ2) is 10.8. The van der Waals surface area contributed by atoms with Gasteiger partial charge < -0.3 is 14.7 Å². The average Bonchev–Trinajstić information content (AvgIpc) is 3.62.